The second-order valence-corrected chi connectivity index (χ2v) is 4.21. The van der Waals surface area contributed by atoms with Gasteiger partial charge in [-0.25, -0.2) is 0 Å². The zero-order valence-corrected chi connectivity index (χ0v) is 10.8. The molecule has 0 spiro atoms. The molecule has 3 rings (SSSR count). The molecule has 0 aliphatic rings. The van der Waals surface area contributed by atoms with E-state index < -0.39 is 0 Å². The summed E-state index contributed by atoms with van der Waals surface area (Å²) < 4.78 is 16.4. The highest BCUT2D eigenvalue weighted by molar-refractivity contribution is 5.85. The average Bonchev–Trinajstić information content (AvgIpc) is 2.89. The molecule has 0 amide bonds. The summed E-state index contributed by atoms with van der Waals surface area (Å²) in [5, 5.41) is 1.04. The monoisotopic (exact) mass is 254 g/mol. The van der Waals surface area contributed by atoms with Crippen LogP contribution in [0.5, 0.6) is 11.5 Å². The Balaban J connectivity index is 2.15. The minimum atomic E-state index is 0.786. The van der Waals surface area contributed by atoms with Crippen LogP contribution in [-0.4, -0.2) is 14.2 Å². The van der Waals surface area contributed by atoms with Gasteiger partial charge in [0.1, 0.15) is 22.8 Å². The number of hydrogen-bond acceptors (Lipinski definition) is 3. The van der Waals surface area contributed by atoms with Gasteiger partial charge in [0, 0.05) is 11.5 Å². The molecule has 0 fully saturated rings. The number of hydrogen-bond donors (Lipinski definition) is 0. The molecular weight excluding hydrogens is 240 g/mol. The Morgan fingerprint density at radius 1 is 0.895 bits per heavy atom. The Kier molecular flexibility index (Phi) is 2.88. The minimum absolute atomic E-state index is 0.786. The summed E-state index contributed by atoms with van der Waals surface area (Å²) in [6.07, 6.45) is 0. The van der Waals surface area contributed by atoms with Crippen LogP contribution in [0.1, 0.15) is 0 Å². The fourth-order valence-corrected chi connectivity index (χ4v) is 2.12. The predicted molar refractivity (Wildman–Crippen MR) is 74.8 cm³/mol. The third-order valence-corrected chi connectivity index (χ3v) is 3.10. The zero-order chi connectivity index (χ0) is 13.2. The van der Waals surface area contributed by atoms with Crippen molar-refractivity contribution in [2.75, 3.05) is 14.2 Å². The van der Waals surface area contributed by atoms with E-state index in [-0.39, 0.29) is 0 Å². The number of rotatable bonds is 3. The SMILES string of the molecule is COc1ccc2cc(-c3ccccc3OC)oc2c1. The number of ether oxygens (including phenoxy) is 2. The van der Waals surface area contributed by atoms with Gasteiger partial charge in [0.2, 0.25) is 0 Å². The average molecular weight is 254 g/mol. The van der Waals surface area contributed by atoms with Gasteiger partial charge in [-0.1, -0.05) is 12.1 Å². The first-order valence-corrected chi connectivity index (χ1v) is 6.03. The summed E-state index contributed by atoms with van der Waals surface area (Å²) in [6.45, 7) is 0. The third kappa shape index (κ3) is 2.03. The molecule has 0 bridgehead atoms. The van der Waals surface area contributed by atoms with E-state index in [0.29, 0.717) is 0 Å². The molecule has 3 aromatic rings. The van der Waals surface area contributed by atoms with Crippen LogP contribution in [0.4, 0.5) is 0 Å². The van der Waals surface area contributed by atoms with Gasteiger partial charge in [-0.15, -0.1) is 0 Å². The van der Waals surface area contributed by atoms with Gasteiger partial charge in [-0.05, 0) is 30.3 Å². The molecule has 0 radical (unpaired) electrons. The van der Waals surface area contributed by atoms with Crippen LogP contribution < -0.4 is 9.47 Å². The van der Waals surface area contributed by atoms with E-state index in [1.807, 2.05) is 48.5 Å². The third-order valence-electron chi connectivity index (χ3n) is 3.10. The molecule has 3 heteroatoms. The van der Waals surface area contributed by atoms with E-state index in [0.717, 1.165) is 33.8 Å². The quantitative estimate of drug-likeness (QED) is 0.704. The van der Waals surface area contributed by atoms with Crippen molar-refractivity contribution in [2.45, 2.75) is 0 Å². The van der Waals surface area contributed by atoms with Crippen LogP contribution in [0.2, 0.25) is 0 Å². The molecule has 0 unspecified atom stereocenters. The lowest BCUT2D eigenvalue weighted by Crippen LogP contribution is -1.85. The number of fused-ring (bicyclic) bond motifs is 1. The van der Waals surface area contributed by atoms with E-state index in [1.54, 1.807) is 14.2 Å². The highest BCUT2D eigenvalue weighted by Crippen LogP contribution is 2.34. The van der Waals surface area contributed by atoms with Crippen LogP contribution >= 0.6 is 0 Å². The number of methoxy groups -OCH3 is 2. The fourth-order valence-electron chi connectivity index (χ4n) is 2.12. The summed E-state index contributed by atoms with van der Waals surface area (Å²) in [5.74, 6) is 2.38. The maximum Gasteiger partial charge on any atom is 0.139 e. The minimum Gasteiger partial charge on any atom is -0.497 e. The normalized spacial score (nSPS) is 10.6. The highest BCUT2D eigenvalue weighted by atomic mass is 16.5. The summed E-state index contributed by atoms with van der Waals surface area (Å²) in [6, 6.07) is 15.6. The predicted octanol–water partition coefficient (Wildman–Crippen LogP) is 4.12. The molecule has 0 aliphatic carbocycles. The van der Waals surface area contributed by atoms with Crippen LogP contribution in [0.15, 0.2) is 52.9 Å². The first-order chi connectivity index (χ1) is 9.31. The van der Waals surface area contributed by atoms with Gasteiger partial charge >= 0.3 is 0 Å². The topological polar surface area (TPSA) is 31.6 Å². The number of benzene rings is 2. The summed E-state index contributed by atoms with van der Waals surface area (Å²) >= 11 is 0. The fraction of sp³-hybridized carbons (Fsp3) is 0.125. The van der Waals surface area contributed by atoms with Crippen molar-refractivity contribution in [1.82, 2.24) is 0 Å². The highest BCUT2D eigenvalue weighted by Gasteiger charge is 2.11. The van der Waals surface area contributed by atoms with E-state index in [9.17, 15) is 0 Å². The molecule has 0 saturated carbocycles. The van der Waals surface area contributed by atoms with Gasteiger partial charge in [-0.3, -0.25) is 0 Å². The molecule has 96 valence electrons. The first kappa shape index (κ1) is 11.7. The molecule has 1 aromatic heterocycles. The molecule has 2 aromatic carbocycles. The van der Waals surface area contributed by atoms with Gasteiger partial charge < -0.3 is 13.9 Å². The Hall–Kier alpha value is -2.42. The van der Waals surface area contributed by atoms with Crippen molar-refractivity contribution in [3.8, 4) is 22.8 Å². The van der Waals surface area contributed by atoms with Gasteiger partial charge in [0.15, 0.2) is 0 Å². The maximum atomic E-state index is 5.88. The van der Waals surface area contributed by atoms with Gasteiger partial charge in [0.25, 0.3) is 0 Å². The Morgan fingerprint density at radius 3 is 2.53 bits per heavy atom. The molecular formula is C16H14O3. The van der Waals surface area contributed by atoms with Crippen molar-refractivity contribution in [1.29, 1.82) is 0 Å². The lowest BCUT2D eigenvalue weighted by Gasteiger charge is -2.04. The van der Waals surface area contributed by atoms with Crippen LogP contribution in [0.25, 0.3) is 22.3 Å². The smallest absolute Gasteiger partial charge is 0.139 e. The van der Waals surface area contributed by atoms with Crippen LogP contribution in [0.3, 0.4) is 0 Å². The van der Waals surface area contributed by atoms with Gasteiger partial charge in [-0.2, -0.15) is 0 Å². The van der Waals surface area contributed by atoms with Crippen molar-refractivity contribution < 1.29 is 13.9 Å². The largest absolute Gasteiger partial charge is 0.497 e. The molecule has 3 nitrogen and oxygen atoms in total. The molecule has 0 N–H and O–H groups in total. The van der Waals surface area contributed by atoms with Crippen LogP contribution in [-0.2, 0) is 0 Å². The van der Waals surface area contributed by atoms with E-state index in [1.165, 1.54) is 0 Å². The summed E-state index contributed by atoms with van der Waals surface area (Å²) in [7, 11) is 3.30. The Labute approximate surface area is 111 Å². The standard InChI is InChI=1S/C16H14O3/c1-17-12-8-7-11-9-16(19-15(11)10-12)13-5-3-4-6-14(13)18-2/h3-10H,1-2H3. The second kappa shape index (κ2) is 4.69. The first-order valence-electron chi connectivity index (χ1n) is 6.03. The van der Waals surface area contributed by atoms with E-state index in [2.05, 4.69) is 0 Å². The van der Waals surface area contributed by atoms with Crippen molar-refractivity contribution in [3.63, 3.8) is 0 Å². The summed E-state index contributed by atoms with van der Waals surface area (Å²) in [5.41, 5.74) is 1.75. The maximum absolute atomic E-state index is 5.88. The Bertz CT molecular complexity index is 713. The van der Waals surface area contributed by atoms with E-state index in [4.69, 9.17) is 13.9 Å². The lowest BCUT2D eigenvalue weighted by atomic mass is 10.1. The van der Waals surface area contributed by atoms with Crippen LogP contribution in [0, 0.1) is 0 Å². The second-order valence-electron chi connectivity index (χ2n) is 4.21. The van der Waals surface area contributed by atoms with Gasteiger partial charge in [0.05, 0.1) is 19.8 Å². The van der Waals surface area contributed by atoms with E-state index >= 15 is 0 Å². The lowest BCUT2D eigenvalue weighted by molar-refractivity contribution is 0.413. The number of para-hydroxylation sites is 1. The number of furan rings is 1. The van der Waals surface area contributed by atoms with Crippen molar-refractivity contribution in [2.24, 2.45) is 0 Å². The zero-order valence-electron chi connectivity index (χ0n) is 10.8. The molecule has 1 heterocycles. The Morgan fingerprint density at radius 2 is 1.74 bits per heavy atom. The molecule has 0 aliphatic heterocycles. The molecule has 0 saturated heterocycles. The molecule has 19 heavy (non-hydrogen) atoms. The van der Waals surface area contributed by atoms with Crippen molar-refractivity contribution >= 4 is 11.0 Å². The summed E-state index contributed by atoms with van der Waals surface area (Å²) in [4.78, 5) is 0. The van der Waals surface area contributed by atoms with Crippen molar-refractivity contribution in [3.05, 3.63) is 48.5 Å². The molecule has 0 atom stereocenters.